The average Bonchev–Trinajstić information content (AvgIpc) is 3.24. The number of carbonyl (C=O) groups excluding carboxylic acids is 1. The van der Waals surface area contributed by atoms with E-state index in [-0.39, 0.29) is 11.7 Å². The molecule has 4 aromatic rings. The Morgan fingerprint density at radius 1 is 1.03 bits per heavy atom. The molecule has 166 valence electrons. The molecule has 0 aliphatic carbocycles. The normalized spacial score (nSPS) is 11.2. The first-order valence-electron chi connectivity index (χ1n) is 9.79. The third kappa shape index (κ3) is 5.69. The number of ether oxygens (including phenoxy) is 1. The van der Waals surface area contributed by atoms with E-state index in [1.54, 1.807) is 47.3 Å². The Kier molecular flexibility index (Phi) is 6.89. The van der Waals surface area contributed by atoms with E-state index in [0.717, 1.165) is 10.2 Å². The van der Waals surface area contributed by atoms with E-state index in [1.807, 2.05) is 30.3 Å². The average molecular weight is 511 g/mol. The minimum Gasteiger partial charge on any atom is -0.435 e. The quantitative estimate of drug-likeness (QED) is 0.257. The third-order valence-electron chi connectivity index (χ3n) is 4.59. The molecule has 0 aliphatic heterocycles. The van der Waals surface area contributed by atoms with Crippen LogP contribution in [-0.4, -0.2) is 28.5 Å². The lowest BCUT2D eigenvalue weighted by Crippen LogP contribution is -2.17. The Balaban J connectivity index is 1.61. The second-order valence-corrected chi connectivity index (χ2v) is 7.74. The topological polar surface area (TPSA) is 68.5 Å². The maximum Gasteiger partial charge on any atom is 0.387 e. The lowest BCUT2D eigenvalue weighted by molar-refractivity contribution is -0.0498. The summed E-state index contributed by atoms with van der Waals surface area (Å²) in [5.74, 6) is -0.308. The van der Waals surface area contributed by atoms with Crippen LogP contribution in [0.3, 0.4) is 0 Å². The lowest BCUT2D eigenvalue weighted by atomic mass is 10.1. The molecule has 1 aromatic heterocycles. The molecule has 9 heteroatoms. The zero-order valence-electron chi connectivity index (χ0n) is 17.0. The van der Waals surface area contributed by atoms with Crippen molar-refractivity contribution in [3.63, 3.8) is 0 Å². The number of nitrogens with one attached hydrogen (secondary N) is 1. The zero-order valence-corrected chi connectivity index (χ0v) is 18.6. The molecule has 6 nitrogen and oxygen atoms in total. The van der Waals surface area contributed by atoms with E-state index in [4.69, 9.17) is 0 Å². The highest BCUT2D eigenvalue weighted by Gasteiger charge is 2.13. The number of rotatable bonds is 7. The number of hydrogen-bond acceptors (Lipinski definition) is 4. The minimum atomic E-state index is -2.90. The first-order chi connectivity index (χ1) is 16.0. The van der Waals surface area contributed by atoms with Gasteiger partial charge in [-0.2, -0.15) is 19.0 Å². The fourth-order valence-corrected chi connectivity index (χ4v) is 3.30. The first-order valence-corrected chi connectivity index (χ1v) is 10.6. The van der Waals surface area contributed by atoms with Crippen LogP contribution in [0.4, 0.5) is 8.78 Å². The molecule has 33 heavy (non-hydrogen) atoms. The molecular weight excluding hydrogens is 494 g/mol. The lowest BCUT2D eigenvalue weighted by Gasteiger charge is -2.05. The van der Waals surface area contributed by atoms with Crippen molar-refractivity contribution in [1.82, 2.24) is 15.2 Å². The largest absolute Gasteiger partial charge is 0.435 e. The summed E-state index contributed by atoms with van der Waals surface area (Å²) in [5.41, 5.74) is 5.65. The fourth-order valence-electron chi connectivity index (χ4n) is 3.04. The van der Waals surface area contributed by atoms with Gasteiger partial charge in [0.2, 0.25) is 0 Å². The van der Waals surface area contributed by atoms with Gasteiger partial charge < -0.3 is 4.74 Å². The summed E-state index contributed by atoms with van der Waals surface area (Å²) < 4.78 is 31.9. The van der Waals surface area contributed by atoms with E-state index >= 15 is 0 Å². The number of carbonyl (C=O) groups is 1. The highest BCUT2D eigenvalue weighted by atomic mass is 79.9. The number of benzene rings is 3. The molecule has 0 bridgehead atoms. The summed E-state index contributed by atoms with van der Waals surface area (Å²) in [7, 11) is 0. The number of aromatic nitrogens is 2. The van der Waals surface area contributed by atoms with Crippen LogP contribution in [0.2, 0.25) is 0 Å². The van der Waals surface area contributed by atoms with Crippen molar-refractivity contribution in [2.24, 2.45) is 5.10 Å². The van der Waals surface area contributed by atoms with Gasteiger partial charge in [0.15, 0.2) is 0 Å². The predicted octanol–water partition coefficient (Wildman–Crippen LogP) is 5.67. The Hall–Kier alpha value is -3.85. The number of hydrogen-bond donors (Lipinski definition) is 1. The molecule has 0 spiro atoms. The van der Waals surface area contributed by atoms with Gasteiger partial charge in [-0.05, 0) is 60.7 Å². The van der Waals surface area contributed by atoms with Gasteiger partial charge in [-0.25, -0.2) is 10.1 Å². The summed E-state index contributed by atoms with van der Waals surface area (Å²) in [5, 5.41) is 8.70. The van der Waals surface area contributed by atoms with Crippen molar-refractivity contribution < 1.29 is 18.3 Å². The Labute approximate surface area is 196 Å². The molecule has 1 N–H and O–H groups in total. The molecule has 0 saturated carbocycles. The predicted molar refractivity (Wildman–Crippen MR) is 125 cm³/mol. The number of nitrogens with zero attached hydrogens (tertiary/aromatic N) is 3. The van der Waals surface area contributed by atoms with Gasteiger partial charge in [0.05, 0.1) is 11.9 Å². The summed E-state index contributed by atoms with van der Waals surface area (Å²) in [6.07, 6.45) is 3.26. The van der Waals surface area contributed by atoms with E-state index in [9.17, 15) is 13.6 Å². The molecule has 0 atom stereocenters. The van der Waals surface area contributed by atoms with E-state index < -0.39 is 6.61 Å². The molecule has 0 saturated heterocycles. The first kappa shape index (κ1) is 22.3. The van der Waals surface area contributed by atoms with E-state index in [0.29, 0.717) is 22.4 Å². The summed E-state index contributed by atoms with van der Waals surface area (Å²) >= 11 is 3.33. The van der Waals surface area contributed by atoms with Crippen molar-refractivity contribution in [2.45, 2.75) is 6.61 Å². The molecule has 0 aliphatic rings. The van der Waals surface area contributed by atoms with Crippen LogP contribution in [0.15, 0.2) is 94.6 Å². The Morgan fingerprint density at radius 3 is 2.39 bits per heavy atom. The molecule has 4 rings (SSSR count). The van der Waals surface area contributed by atoms with Crippen LogP contribution in [0, 0.1) is 0 Å². The highest BCUT2D eigenvalue weighted by molar-refractivity contribution is 9.10. The number of amides is 1. The van der Waals surface area contributed by atoms with Crippen LogP contribution in [0.5, 0.6) is 5.75 Å². The zero-order chi connectivity index (χ0) is 23.2. The van der Waals surface area contributed by atoms with Crippen molar-refractivity contribution in [2.75, 3.05) is 0 Å². The number of halogens is 3. The number of para-hydroxylation sites is 1. The molecule has 1 heterocycles. The van der Waals surface area contributed by atoms with Crippen molar-refractivity contribution in [3.05, 3.63) is 101 Å². The Bertz CT molecular complexity index is 1260. The summed E-state index contributed by atoms with van der Waals surface area (Å²) in [6.45, 7) is -2.90. The molecule has 3 aromatic carbocycles. The molecule has 0 unspecified atom stereocenters. The highest BCUT2D eigenvalue weighted by Crippen LogP contribution is 2.25. The molecule has 0 radical (unpaired) electrons. The fraction of sp³-hybridized carbons (Fsp3) is 0.0417. The van der Waals surface area contributed by atoms with Gasteiger partial charge in [-0.1, -0.05) is 34.1 Å². The number of hydrazone groups is 1. The maximum atomic E-state index is 12.5. The summed E-state index contributed by atoms with van der Waals surface area (Å²) in [4.78, 5) is 12.3. The van der Waals surface area contributed by atoms with Crippen molar-refractivity contribution >= 4 is 28.1 Å². The van der Waals surface area contributed by atoms with Gasteiger partial charge in [-0.3, -0.25) is 4.79 Å². The SMILES string of the molecule is O=C(NN=Cc1cn(-c2ccccc2)nc1-c1ccc(OC(F)F)cc1)c1ccc(Br)cc1. The van der Waals surface area contributed by atoms with Crippen LogP contribution in [-0.2, 0) is 0 Å². The van der Waals surface area contributed by atoms with Crippen molar-refractivity contribution in [1.29, 1.82) is 0 Å². The molecule has 0 fully saturated rings. The number of alkyl halides is 2. The molecular formula is C24H17BrF2N4O2. The smallest absolute Gasteiger partial charge is 0.387 e. The third-order valence-corrected chi connectivity index (χ3v) is 5.12. The van der Waals surface area contributed by atoms with Crippen LogP contribution < -0.4 is 10.2 Å². The van der Waals surface area contributed by atoms with Crippen molar-refractivity contribution in [3.8, 4) is 22.7 Å². The van der Waals surface area contributed by atoms with Gasteiger partial charge in [0, 0.05) is 27.4 Å². The maximum absolute atomic E-state index is 12.5. The Morgan fingerprint density at radius 2 is 1.73 bits per heavy atom. The van der Waals surface area contributed by atoms with Gasteiger partial charge in [0.1, 0.15) is 11.4 Å². The van der Waals surface area contributed by atoms with Gasteiger partial charge >= 0.3 is 6.61 Å². The molecule has 1 amide bonds. The van der Waals surface area contributed by atoms with Crippen LogP contribution >= 0.6 is 15.9 Å². The van der Waals surface area contributed by atoms with E-state index in [1.165, 1.54) is 18.3 Å². The minimum absolute atomic E-state index is 0.0493. The second-order valence-electron chi connectivity index (χ2n) is 6.82. The standard InChI is InChI=1S/C24H17BrF2N4O2/c25-19-10-6-17(7-11-19)23(32)29-28-14-18-15-31(20-4-2-1-3-5-20)30-22(18)16-8-12-21(13-9-16)33-24(26)27/h1-15,24H,(H,29,32). The van der Waals surface area contributed by atoms with Crippen LogP contribution in [0.1, 0.15) is 15.9 Å². The second kappa shape index (κ2) is 10.2. The van der Waals surface area contributed by atoms with Crippen LogP contribution in [0.25, 0.3) is 16.9 Å². The van der Waals surface area contributed by atoms with Gasteiger partial charge in [0.25, 0.3) is 5.91 Å². The van der Waals surface area contributed by atoms with E-state index in [2.05, 4.69) is 36.3 Å². The summed E-state index contributed by atoms with van der Waals surface area (Å²) in [6, 6.07) is 22.5. The monoisotopic (exact) mass is 510 g/mol. The van der Waals surface area contributed by atoms with Gasteiger partial charge in [-0.15, -0.1) is 0 Å².